The summed E-state index contributed by atoms with van der Waals surface area (Å²) in [5, 5.41) is 3.05. The number of nitrogens with one attached hydrogen (secondary N) is 2. The van der Waals surface area contributed by atoms with Gasteiger partial charge in [-0.15, -0.1) is 0 Å². The molecule has 1 aromatic heterocycles. The molecular weight excluding hydrogens is 293 g/mol. The number of anilines is 2. The van der Waals surface area contributed by atoms with Gasteiger partial charge in [-0.3, -0.25) is 4.72 Å². The summed E-state index contributed by atoms with van der Waals surface area (Å²) in [7, 11) is -3.77. The molecule has 112 valence electrons. The third kappa shape index (κ3) is 4.16. The number of sulfonamides is 1. The van der Waals surface area contributed by atoms with E-state index in [2.05, 4.69) is 15.0 Å². The zero-order chi connectivity index (χ0) is 15.3. The second kappa shape index (κ2) is 6.53. The first-order valence-electron chi connectivity index (χ1n) is 6.49. The van der Waals surface area contributed by atoms with Crippen molar-refractivity contribution >= 4 is 21.5 Å². The maximum Gasteiger partial charge on any atom is 0.263 e. The van der Waals surface area contributed by atoms with Crippen LogP contribution in [0.1, 0.15) is 13.3 Å². The minimum absolute atomic E-state index is 0.0220. The molecule has 0 amide bonds. The summed E-state index contributed by atoms with van der Waals surface area (Å²) in [6.07, 6.45) is 2.21. The number of hydrogen-bond donors (Lipinski definition) is 2. The molecule has 0 unspecified atom stereocenters. The average molecular weight is 309 g/mol. The molecule has 2 N–H and O–H groups in total. The highest BCUT2D eigenvalue weighted by atomic mass is 32.2. The lowest BCUT2D eigenvalue weighted by atomic mass is 10.3. The van der Waals surface area contributed by atoms with Crippen molar-refractivity contribution in [3.8, 4) is 0 Å². The van der Waals surface area contributed by atoms with E-state index in [4.69, 9.17) is 0 Å². The van der Waals surface area contributed by atoms with Gasteiger partial charge in [0.1, 0.15) is 16.5 Å². The van der Waals surface area contributed by atoms with Crippen LogP contribution in [0.2, 0.25) is 0 Å². The standard InChI is InChI=1S/C14H16FN3O2S/c1-2-8-16-14-7-6-13(10-17-14)21(19,20)18-12-5-3-4-11(15)9-12/h3-7,9-10,18H,2,8H2,1H3,(H,16,17). The third-order valence-electron chi connectivity index (χ3n) is 2.68. The van der Waals surface area contributed by atoms with Crippen LogP contribution in [-0.2, 0) is 10.0 Å². The monoisotopic (exact) mass is 309 g/mol. The van der Waals surface area contributed by atoms with Crippen molar-refractivity contribution in [3.05, 3.63) is 48.4 Å². The first-order valence-corrected chi connectivity index (χ1v) is 7.98. The highest BCUT2D eigenvalue weighted by Crippen LogP contribution is 2.17. The summed E-state index contributed by atoms with van der Waals surface area (Å²) < 4.78 is 39.7. The smallest absolute Gasteiger partial charge is 0.263 e. The molecule has 7 heteroatoms. The number of pyridine rings is 1. The molecule has 0 bridgehead atoms. The van der Waals surface area contributed by atoms with Crippen molar-refractivity contribution in [2.24, 2.45) is 0 Å². The predicted molar refractivity (Wildman–Crippen MR) is 80.2 cm³/mol. The fraction of sp³-hybridized carbons (Fsp3) is 0.214. The van der Waals surface area contributed by atoms with Crippen LogP contribution in [0.4, 0.5) is 15.9 Å². The molecule has 0 aliphatic carbocycles. The van der Waals surface area contributed by atoms with E-state index in [-0.39, 0.29) is 10.6 Å². The SMILES string of the molecule is CCCNc1ccc(S(=O)(=O)Nc2cccc(F)c2)cn1. The third-order valence-corrected chi connectivity index (χ3v) is 4.05. The molecular formula is C14H16FN3O2S. The number of benzene rings is 1. The average Bonchev–Trinajstić information content (AvgIpc) is 2.45. The van der Waals surface area contributed by atoms with Gasteiger partial charge in [-0.25, -0.2) is 17.8 Å². The van der Waals surface area contributed by atoms with E-state index in [0.29, 0.717) is 5.82 Å². The Labute approximate surface area is 123 Å². The highest BCUT2D eigenvalue weighted by Gasteiger charge is 2.14. The molecule has 21 heavy (non-hydrogen) atoms. The van der Waals surface area contributed by atoms with Gasteiger partial charge in [0.15, 0.2) is 0 Å². The van der Waals surface area contributed by atoms with Crippen LogP contribution in [0.3, 0.4) is 0 Å². The van der Waals surface area contributed by atoms with E-state index >= 15 is 0 Å². The summed E-state index contributed by atoms with van der Waals surface area (Å²) in [5.74, 6) is 0.106. The number of hydrogen-bond acceptors (Lipinski definition) is 4. The quantitative estimate of drug-likeness (QED) is 0.861. The van der Waals surface area contributed by atoms with Crippen LogP contribution in [0.15, 0.2) is 47.5 Å². The van der Waals surface area contributed by atoms with E-state index in [1.165, 1.54) is 30.5 Å². The highest BCUT2D eigenvalue weighted by molar-refractivity contribution is 7.92. The largest absolute Gasteiger partial charge is 0.370 e. The lowest BCUT2D eigenvalue weighted by Crippen LogP contribution is -2.13. The first-order chi connectivity index (χ1) is 10.0. The van der Waals surface area contributed by atoms with Crippen molar-refractivity contribution in [2.75, 3.05) is 16.6 Å². The van der Waals surface area contributed by atoms with Crippen LogP contribution in [-0.4, -0.2) is 19.9 Å². The lowest BCUT2D eigenvalue weighted by molar-refractivity contribution is 0.600. The minimum Gasteiger partial charge on any atom is -0.370 e. The summed E-state index contributed by atoms with van der Waals surface area (Å²) in [5.41, 5.74) is 0.170. The van der Waals surface area contributed by atoms with E-state index in [1.54, 1.807) is 6.07 Å². The Morgan fingerprint density at radius 3 is 2.67 bits per heavy atom. The maximum atomic E-state index is 13.1. The first kappa shape index (κ1) is 15.2. The number of halogens is 1. The zero-order valence-electron chi connectivity index (χ0n) is 11.5. The summed E-state index contributed by atoms with van der Waals surface area (Å²) in [6.45, 7) is 2.79. The molecule has 1 heterocycles. The molecule has 2 rings (SSSR count). The predicted octanol–water partition coefficient (Wildman–Crippen LogP) is 2.84. The Kier molecular flexibility index (Phi) is 4.74. The van der Waals surface area contributed by atoms with E-state index in [9.17, 15) is 12.8 Å². The Balaban J connectivity index is 2.15. The summed E-state index contributed by atoms with van der Waals surface area (Å²) in [4.78, 5) is 4.06. The van der Waals surface area contributed by atoms with Gasteiger partial charge < -0.3 is 5.32 Å². The minimum atomic E-state index is -3.77. The second-order valence-corrected chi connectivity index (χ2v) is 6.10. The van der Waals surface area contributed by atoms with E-state index < -0.39 is 15.8 Å². The van der Waals surface area contributed by atoms with Crippen LogP contribution in [0.25, 0.3) is 0 Å². The molecule has 1 aromatic carbocycles. The van der Waals surface area contributed by atoms with Crippen LogP contribution in [0.5, 0.6) is 0 Å². The van der Waals surface area contributed by atoms with Crippen molar-refractivity contribution in [2.45, 2.75) is 18.2 Å². The maximum absolute atomic E-state index is 13.1. The van der Waals surface area contributed by atoms with Crippen LogP contribution < -0.4 is 10.0 Å². The lowest BCUT2D eigenvalue weighted by Gasteiger charge is -2.09. The van der Waals surface area contributed by atoms with Gasteiger partial charge in [-0.2, -0.15) is 0 Å². The fourth-order valence-corrected chi connectivity index (χ4v) is 2.66. The van der Waals surface area contributed by atoms with E-state index in [1.807, 2.05) is 6.92 Å². The fourth-order valence-electron chi connectivity index (χ4n) is 1.66. The van der Waals surface area contributed by atoms with Crippen molar-refractivity contribution in [1.82, 2.24) is 4.98 Å². The van der Waals surface area contributed by atoms with Gasteiger partial charge in [0.2, 0.25) is 0 Å². The summed E-state index contributed by atoms with van der Waals surface area (Å²) >= 11 is 0. The van der Waals surface area contributed by atoms with Gasteiger partial charge in [-0.05, 0) is 36.8 Å². The van der Waals surface area contributed by atoms with Crippen molar-refractivity contribution in [1.29, 1.82) is 0 Å². The molecule has 0 saturated heterocycles. The van der Waals surface area contributed by atoms with E-state index in [0.717, 1.165) is 19.0 Å². The van der Waals surface area contributed by atoms with Gasteiger partial charge in [-0.1, -0.05) is 13.0 Å². The molecule has 5 nitrogen and oxygen atoms in total. The molecule has 0 aliphatic heterocycles. The summed E-state index contributed by atoms with van der Waals surface area (Å²) in [6, 6.07) is 8.31. The molecule has 0 spiro atoms. The molecule has 0 aliphatic rings. The number of rotatable bonds is 6. The molecule has 2 aromatic rings. The second-order valence-electron chi connectivity index (χ2n) is 4.42. The van der Waals surface area contributed by atoms with Crippen LogP contribution in [0, 0.1) is 5.82 Å². The molecule has 0 radical (unpaired) electrons. The van der Waals surface area contributed by atoms with Gasteiger partial charge in [0, 0.05) is 12.7 Å². The van der Waals surface area contributed by atoms with Crippen molar-refractivity contribution < 1.29 is 12.8 Å². The molecule has 0 saturated carbocycles. The zero-order valence-corrected chi connectivity index (χ0v) is 12.3. The Morgan fingerprint density at radius 1 is 1.24 bits per heavy atom. The topological polar surface area (TPSA) is 71.1 Å². The van der Waals surface area contributed by atoms with Gasteiger partial charge in [0.25, 0.3) is 10.0 Å². The Morgan fingerprint density at radius 2 is 2.05 bits per heavy atom. The molecule has 0 atom stereocenters. The van der Waals surface area contributed by atoms with Gasteiger partial charge in [0.05, 0.1) is 5.69 Å². The molecule has 0 fully saturated rings. The number of aromatic nitrogens is 1. The Hall–Kier alpha value is -2.15. The van der Waals surface area contributed by atoms with Crippen LogP contribution >= 0.6 is 0 Å². The normalized spacial score (nSPS) is 11.1. The van der Waals surface area contributed by atoms with Crippen molar-refractivity contribution in [3.63, 3.8) is 0 Å². The number of nitrogens with zero attached hydrogens (tertiary/aromatic N) is 1. The Bertz CT molecular complexity index is 702. The van der Waals surface area contributed by atoms with Gasteiger partial charge >= 0.3 is 0 Å².